The Morgan fingerprint density at radius 1 is 1.33 bits per heavy atom. The Kier molecular flexibility index (Phi) is 4.73. The maximum absolute atomic E-state index is 12.3. The molecule has 1 amide bonds. The average Bonchev–Trinajstić information content (AvgIpc) is 2.78. The van der Waals surface area contributed by atoms with E-state index in [1.54, 1.807) is 6.07 Å². The molecule has 1 fully saturated rings. The van der Waals surface area contributed by atoms with Gasteiger partial charge in [0.05, 0.1) is 11.1 Å². The minimum Gasteiger partial charge on any atom is -0.345 e. The van der Waals surface area contributed by atoms with E-state index in [1.165, 1.54) is 0 Å². The van der Waals surface area contributed by atoms with Crippen molar-refractivity contribution in [1.82, 2.24) is 5.32 Å². The summed E-state index contributed by atoms with van der Waals surface area (Å²) in [4.78, 5) is 12.3. The van der Waals surface area contributed by atoms with Gasteiger partial charge in [-0.05, 0) is 47.0 Å². The third-order valence-corrected chi connectivity index (χ3v) is 5.03. The van der Waals surface area contributed by atoms with Crippen LogP contribution in [0.4, 0.5) is 0 Å². The predicted octanol–water partition coefficient (Wildman–Crippen LogP) is 4.49. The van der Waals surface area contributed by atoms with Crippen LogP contribution in [0.1, 0.15) is 36.0 Å². The molecule has 18 heavy (non-hydrogen) atoms. The first-order valence-electron chi connectivity index (χ1n) is 5.90. The largest absolute Gasteiger partial charge is 0.345 e. The van der Waals surface area contributed by atoms with Crippen LogP contribution in [0.25, 0.3) is 0 Å². The highest BCUT2D eigenvalue weighted by Crippen LogP contribution is 2.31. The van der Waals surface area contributed by atoms with E-state index in [-0.39, 0.29) is 11.4 Å². The smallest absolute Gasteiger partial charge is 0.252 e. The Morgan fingerprint density at radius 3 is 2.56 bits per heavy atom. The van der Waals surface area contributed by atoms with Gasteiger partial charge in [0, 0.05) is 14.8 Å². The quantitative estimate of drug-likeness (QED) is 0.751. The molecule has 1 aromatic rings. The molecule has 1 aliphatic carbocycles. The Bertz CT molecular complexity index is 458. The summed E-state index contributed by atoms with van der Waals surface area (Å²) in [5, 5.41) is 3.10. The van der Waals surface area contributed by atoms with Gasteiger partial charge in [-0.1, -0.05) is 28.8 Å². The van der Waals surface area contributed by atoms with Crippen molar-refractivity contribution < 1.29 is 4.79 Å². The summed E-state index contributed by atoms with van der Waals surface area (Å²) in [6, 6.07) is 5.54. The lowest BCUT2D eigenvalue weighted by atomic mass is 9.99. The number of benzene rings is 1. The van der Waals surface area contributed by atoms with Crippen LogP contribution in [0.3, 0.4) is 0 Å². The van der Waals surface area contributed by atoms with Crippen LogP contribution in [0, 0.1) is 0 Å². The molecule has 5 heteroatoms. The number of carbonyl (C=O) groups is 1. The van der Waals surface area contributed by atoms with Gasteiger partial charge >= 0.3 is 0 Å². The van der Waals surface area contributed by atoms with Crippen LogP contribution in [0.15, 0.2) is 27.1 Å². The first-order chi connectivity index (χ1) is 8.56. The maximum atomic E-state index is 12.3. The molecule has 0 aliphatic heterocycles. The molecule has 1 aromatic carbocycles. The Morgan fingerprint density at radius 2 is 2.00 bits per heavy atom. The summed E-state index contributed by atoms with van der Waals surface area (Å²) >= 11 is 12.8. The van der Waals surface area contributed by atoms with E-state index in [4.69, 9.17) is 11.6 Å². The number of halogens is 3. The summed E-state index contributed by atoms with van der Waals surface area (Å²) in [7, 11) is 0. The second kappa shape index (κ2) is 5.93. The lowest BCUT2D eigenvalue weighted by Crippen LogP contribution is -2.48. The summed E-state index contributed by atoms with van der Waals surface area (Å²) < 4.78 is 1.73. The van der Waals surface area contributed by atoms with Gasteiger partial charge in [-0.15, -0.1) is 11.6 Å². The van der Waals surface area contributed by atoms with Gasteiger partial charge in [0.25, 0.3) is 5.91 Å². The van der Waals surface area contributed by atoms with E-state index in [2.05, 4.69) is 37.2 Å². The number of amides is 1. The lowest BCUT2D eigenvalue weighted by Gasteiger charge is -2.28. The SMILES string of the molecule is O=C(NC1(CCl)CCCC1)c1ccc(Br)cc1Br. The Balaban J connectivity index is 2.16. The zero-order valence-corrected chi connectivity index (χ0v) is 13.7. The molecule has 0 radical (unpaired) electrons. The Labute approximate surface area is 129 Å². The minimum absolute atomic E-state index is 0.0584. The van der Waals surface area contributed by atoms with Gasteiger partial charge in [-0.3, -0.25) is 4.79 Å². The minimum atomic E-state index is -0.217. The third-order valence-electron chi connectivity index (χ3n) is 3.37. The number of hydrogen-bond donors (Lipinski definition) is 1. The van der Waals surface area contributed by atoms with E-state index < -0.39 is 0 Å². The summed E-state index contributed by atoms with van der Waals surface area (Å²) in [5.41, 5.74) is 0.431. The van der Waals surface area contributed by atoms with Crippen molar-refractivity contribution in [2.75, 3.05) is 5.88 Å². The van der Waals surface area contributed by atoms with Gasteiger partial charge in [-0.25, -0.2) is 0 Å². The number of hydrogen-bond acceptors (Lipinski definition) is 1. The van der Waals surface area contributed by atoms with E-state index in [0.29, 0.717) is 11.4 Å². The second-order valence-electron chi connectivity index (χ2n) is 4.70. The summed E-state index contributed by atoms with van der Waals surface area (Å²) in [5.74, 6) is 0.421. The van der Waals surface area contributed by atoms with Crippen LogP contribution in [-0.4, -0.2) is 17.3 Å². The lowest BCUT2D eigenvalue weighted by molar-refractivity contribution is 0.0908. The van der Waals surface area contributed by atoms with Gasteiger partial charge in [0.2, 0.25) is 0 Å². The van der Waals surface area contributed by atoms with Gasteiger partial charge < -0.3 is 5.32 Å². The van der Waals surface area contributed by atoms with Gasteiger partial charge in [0.1, 0.15) is 0 Å². The number of nitrogens with one attached hydrogen (secondary N) is 1. The predicted molar refractivity (Wildman–Crippen MR) is 81.2 cm³/mol. The van der Waals surface area contributed by atoms with Crippen molar-refractivity contribution in [3.05, 3.63) is 32.7 Å². The number of rotatable bonds is 3. The van der Waals surface area contributed by atoms with Crippen molar-refractivity contribution in [1.29, 1.82) is 0 Å². The number of alkyl halides is 1. The molecular weight excluding hydrogens is 381 g/mol. The molecule has 2 rings (SSSR count). The molecule has 0 saturated heterocycles. The van der Waals surface area contributed by atoms with E-state index >= 15 is 0 Å². The van der Waals surface area contributed by atoms with Crippen LogP contribution in [0.2, 0.25) is 0 Å². The highest BCUT2D eigenvalue weighted by atomic mass is 79.9. The zero-order valence-electron chi connectivity index (χ0n) is 9.81. The summed E-state index contributed by atoms with van der Waals surface area (Å²) in [6.45, 7) is 0. The van der Waals surface area contributed by atoms with Crippen LogP contribution < -0.4 is 5.32 Å². The van der Waals surface area contributed by atoms with E-state index in [0.717, 1.165) is 34.6 Å². The fourth-order valence-electron chi connectivity index (χ4n) is 2.33. The molecule has 0 atom stereocenters. The van der Waals surface area contributed by atoms with Crippen LogP contribution >= 0.6 is 43.5 Å². The van der Waals surface area contributed by atoms with Crippen LogP contribution in [-0.2, 0) is 0 Å². The highest BCUT2D eigenvalue weighted by molar-refractivity contribution is 9.11. The zero-order chi connectivity index (χ0) is 13.2. The second-order valence-corrected chi connectivity index (χ2v) is 6.74. The fraction of sp³-hybridized carbons (Fsp3) is 0.462. The monoisotopic (exact) mass is 393 g/mol. The molecule has 0 unspecified atom stereocenters. The van der Waals surface area contributed by atoms with Gasteiger partial charge in [0.15, 0.2) is 0 Å². The van der Waals surface area contributed by atoms with Crippen LogP contribution in [0.5, 0.6) is 0 Å². The summed E-state index contributed by atoms with van der Waals surface area (Å²) in [6.07, 6.45) is 4.20. The fourth-order valence-corrected chi connectivity index (χ4v) is 3.89. The molecule has 98 valence electrons. The average molecular weight is 396 g/mol. The van der Waals surface area contributed by atoms with Crippen molar-refractivity contribution in [3.8, 4) is 0 Å². The third kappa shape index (κ3) is 3.09. The molecule has 2 nitrogen and oxygen atoms in total. The highest BCUT2D eigenvalue weighted by Gasteiger charge is 2.34. The van der Waals surface area contributed by atoms with Crippen molar-refractivity contribution >= 4 is 49.4 Å². The van der Waals surface area contributed by atoms with Crippen molar-refractivity contribution in [2.24, 2.45) is 0 Å². The van der Waals surface area contributed by atoms with Crippen molar-refractivity contribution in [2.45, 2.75) is 31.2 Å². The molecule has 1 N–H and O–H groups in total. The molecule has 0 aromatic heterocycles. The van der Waals surface area contributed by atoms with E-state index in [9.17, 15) is 4.79 Å². The maximum Gasteiger partial charge on any atom is 0.252 e. The molecule has 1 aliphatic rings. The molecule has 0 bridgehead atoms. The Hall–Kier alpha value is -0.0600. The van der Waals surface area contributed by atoms with Crippen molar-refractivity contribution in [3.63, 3.8) is 0 Å². The normalized spacial score (nSPS) is 17.7. The molecule has 0 heterocycles. The molecular formula is C13H14Br2ClNO. The topological polar surface area (TPSA) is 29.1 Å². The van der Waals surface area contributed by atoms with E-state index in [1.807, 2.05) is 12.1 Å². The van der Waals surface area contributed by atoms with Gasteiger partial charge in [-0.2, -0.15) is 0 Å². The standard InChI is InChI=1S/C13H14Br2ClNO/c14-9-3-4-10(11(15)7-9)12(18)17-13(8-16)5-1-2-6-13/h3-4,7H,1-2,5-6,8H2,(H,17,18). The molecule has 0 spiro atoms. The first kappa shape index (κ1) is 14.4. The molecule has 1 saturated carbocycles. The first-order valence-corrected chi connectivity index (χ1v) is 8.02. The number of carbonyl (C=O) groups excluding carboxylic acids is 1.